The van der Waals surface area contributed by atoms with Crippen LogP contribution in [0.4, 0.5) is 0 Å². The third-order valence-electron chi connectivity index (χ3n) is 5.54. The minimum Gasteiger partial charge on any atom is -0.383 e. The molecule has 0 radical (unpaired) electrons. The van der Waals surface area contributed by atoms with Crippen molar-refractivity contribution >= 4 is 21.2 Å². The van der Waals surface area contributed by atoms with Crippen molar-refractivity contribution in [2.75, 3.05) is 26.8 Å². The number of pyridine rings is 1. The highest BCUT2D eigenvalue weighted by Gasteiger charge is 2.35. The third-order valence-corrected chi connectivity index (χ3v) is 7.42. The molecular formula is C21H26N4O3S. The van der Waals surface area contributed by atoms with Crippen molar-refractivity contribution in [2.45, 2.75) is 37.1 Å². The van der Waals surface area contributed by atoms with Crippen LogP contribution in [0.1, 0.15) is 30.7 Å². The number of benzene rings is 1. The van der Waals surface area contributed by atoms with Gasteiger partial charge in [-0.25, -0.2) is 18.4 Å². The topological polar surface area (TPSA) is 77.3 Å². The fraction of sp³-hybridized carbons (Fsp3) is 0.429. The van der Waals surface area contributed by atoms with Crippen molar-refractivity contribution in [1.82, 2.24) is 18.8 Å². The number of ether oxygens (including phenoxy) is 1. The van der Waals surface area contributed by atoms with E-state index in [-0.39, 0.29) is 5.92 Å². The zero-order valence-electron chi connectivity index (χ0n) is 16.8. The number of methoxy groups -OCH3 is 1. The molecule has 1 aliphatic rings. The minimum absolute atomic E-state index is 0.0331. The largest absolute Gasteiger partial charge is 0.383 e. The molecule has 154 valence electrons. The van der Waals surface area contributed by atoms with Crippen LogP contribution >= 0.6 is 0 Å². The molecule has 0 bridgehead atoms. The van der Waals surface area contributed by atoms with Gasteiger partial charge in [0.25, 0.3) is 0 Å². The molecule has 29 heavy (non-hydrogen) atoms. The quantitative estimate of drug-likeness (QED) is 0.594. The van der Waals surface area contributed by atoms with Crippen LogP contribution in [0.15, 0.2) is 47.5 Å². The van der Waals surface area contributed by atoms with Crippen molar-refractivity contribution in [3.05, 3.63) is 54.0 Å². The van der Waals surface area contributed by atoms with Gasteiger partial charge in [-0.05, 0) is 42.7 Å². The lowest BCUT2D eigenvalue weighted by Gasteiger charge is -2.17. The van der Waals surface area contributed by atoms with Gasteiger partial charge in [0, 0.05) is 38.9 Å². The van der Waals surface area contributed by atoms with Crippen LogP contribution in [0, 0.1) is 0 Å². The molecule has 0 saturated carbocycles. The second-order valence-corrected chi connectivity index (χ2v) is 9.24. The monoisotopic (exact) mass is 414 g/mol. The van der Waals surface area contributed by atoms with Gasteiger partial charge in [0.2, 0.25) is 10.0 Å². The van der Waals surface area contributed by atoms with Gasteiger partial charge in [-0.1, -0.05) is 19.1 Å². The van der Waals surface area contributed by atoms with Gasteiger partial charge in [0.1, 0.15) is 11.3 Å². The molecule has 0 amide bonds. The molecule has 1 atom stereocenters. The summed E-state index contributed by atoms with van der Waals surface area (Å²) in [6.45, 7) is 4.16. The fourth-order valence-corrected chi connectivity index (χ4v) is 5.39. The predicted octanol–water partition coefficient (Wildman–Crippen LogP) is 2.82. The van der Waals surface area contributed by atoms with E-state index in [0.717, 1.165) is 35.4 Å². The van der Waals surface area contributed by atoms with Gasteiger partial charge in [0.05, 0.1) is 11.5 Å². The summed E-state index contributed by atoms with van der Waals surface area (Å²) in [6.07, 6.45) is 3.38. The molecule has 1 unspecified atom stereocenters. The first kappa shape index (κ1) is 20.0. The molecule has 1 aromatic carbocycles. The van der Waals surface area contributed by atoms with E-state index in [2.05, 4.69) is 16.5 Å². The molecule has 3 aromatic rings. The van der Waals surface area contributed by atoms with E-state index in [1.54, 1.807) is 29.7 Å². The van der Waals surface area contributed by atoms with E-state index < -0.39 is 10.0 Å². The fourth-order valence-electron chi connectivity index (χ4n) is 3.89. The van der Waals surface area contributed by atoms with Crippen molar-refractivity contribution in [1.29, 1.82) is 0 Å². The molecule has 0 aliphatic carbocycles. The summed E-state index contributed by atoms with van der Waals surface area (Å²) in [5, 5.41) is 0. The molecule has 0 spiro atoms. The number of fused-ring (bicyclic) bond motifs is 1. The standard InChI is InChI=1S/C21H26N4O3S/c1-3-16-6-8-18(9-7-16)29(26,27)24-12-10-17(15-24)20-23-19-5-4-11-22-21(19)25(20)13-14-28-2/h4-9,11,17H,3,10,12-15H2,1-2H3. The molecule has 3 heterocycles. The van der Waals surface area contributed by atoms with Crippen LogP contribution in [0.5, 0.6) is 0 Å². The average molecular weight is 415 g/mol. The number of sulfonamides is 1. The number of imidazole rings is 1. The predicted molar refractivity (Wildman–Crippen MR) is 111 cm³/mol. The van der Waals surface area contributed by atoms with Crippen LogP contribution < -0.4 is 0 Å². The Hall–Kier alpha value is -2.29. The molecule has 1 fully saturated rings. The van der Waals surface area contributed by atoms with Gasteiger partial charge >= 0.3 is 0 Å². The van der Waals surface area contributed by atoms with Crippen LogP contribution in [-0.2, 0) is 27.7 Å². The highest BCUT2D eigenvalue weighted by atomic mass is 32.2. The molecule has 1 saturated heterocycles. The Balaban J connectivity index is 1.61. The molecule has 0 N–H and O–H groups in total. The van der Waals surface area contributed by atoms with Gasteiger partial charge < -0.3 is 9.30 Å². The summed E-state index contributed by atoms with van der Waals surface area (Å²) in [5.41, 5.74) is 2.77. The molecule has 8 heteroatoms. The number of nitrogens with zero attached hydrogens (tertiary/aromatic N) is 4. The summed E-state index contributed by atoms with van der Waals surface area (Å²) < 4.78 is 35.1. The van der Waals surface area contributed by atoms with Crippen LogP contribution in [0.25, 0.3) is 11.2 Å². The normalized spacial score (nSPS) is 17.9. The summed E-state index contributed by atoms with van der Waals surface area (Å²) in [4.78, 5) is 9.61. The van der Waals surface area contributed by atoms with Gasteiger partial charge in [-0.15, -0.1) is 0 Å². The zero-order valence-corrected chi connectivity index (χ0v) is 17.6. The molecule has 2 aromatic heterocycles. The van der Waals surface area contributed by atoms with Crippen molar-refractivity contribution < 1.29 is 13.2 Å². The first-order chi connectivity index (χ1) is 14.0. The van der Waals surface area contributed by atoms with Crippen molar-refractivity contribution in [3.63, 3.8) is 0 Å². The van der Waals surface area contributed by atoms with Crippen molar-refractivity contribution in [3.8, 4) is 0 Å². The second-order valence-electron chi connectivity index (χ2n) is 7.31. The molecule has 1 aliphatic heterocycles. The summed E-state index contributed by atoms with van der Waals surface area (Å²) in [6, 6.07) is 11.0. The highest BCUT2D eigenvalue weighted by molar-refractivity contribution is 7.89. The number of hydrogen-bond acceptors (Lipinski definition) is 5. The highest BCUT2D eigenvalue weighted by Crippen LogP contribution is 2.32. The van der Waals surface area contributed by atoms with Crippen molar-refractivity contribution in [2.24, 2.45) is 0 Å². The molecule has 4 rings (SSSR count). The number of rotatable bonds is 7. The second kappa shape index (κ2) is 8.22. The van der Waals surface area contributed by atoms with Crippen LogP contribution in [-0.4, -0.2) is 54.1 Å². The third kappa shape index (κ3) is 3.80. The zero-order chi connectivity index (χ0) is 20.4. The number of aromatic nitrogens is 3. The Morgan fingerprint density at radius 2 is 2.00 bits per heavy atom. The van der Waals surface area contributed by atoms with E-state index >= 15 is 0 Å². The SMILES string of the molecule is CCc1ccc(S(=O)(=O)N2CCC(c3nc4cccnc4n3CCOC)C2)cc1. The Morgan fingerprint density at radius 3 is 2.72 bits per heavy atom. The number of hydrogen-bond donors (Lipinski definition) is 0. The average Bonchev–Trinajstić information content (AvgIpc) is 3.37. The Kier molecular flexibility index (Phi) is 5.67. The minimum atomic E-state index is -3.51. The van der Waals surface area contributed by atoms with Crippen LogP contribution in [0.3, 0.4) is 0 Å². The maximum atomic E-state index is 13.1. The van der Waals surface area contributed by atoms with Gasteiger partial charge in [-0.2, -0.15) is 4.31 Å². The Bertz CT molecular complexity index is 1090. The first-order valence-corrected chi connectivity index (χ1v) is 11.4. The maximum Gasteiger partial charge on any atom is 0.243 e. The lowest BCUT2D eigenvalue weighted by molar-refractivity contribution is 0.187. The van der Waals surface area contributed by atoms with E-state index in [1.165, 1.54) is 0 Å². The van der Waals surface area contributed by atoms with E-state index in [9.17, 15) is 8.42 Å². The smallest absolute Gasteiger partial charge is 0.243 e. The molecule has 7 nitrogen and oxygen atoms in total. The van der Waals surface area contributed by atoms with E-state index in [0.29, 0.717) is 31.1 Å². The number of aryl methyl sites for hydroxylation is 1. The lowest BCUT2D eigenvalue weighted by atomic mass is 10.1. The summed E-state index contributed by atoms with van der Waals surface area (Å²) >= 11 is 0. The van der Waals surface area contributed by atoms with E-state index in [4.69, 9.17) is 9.72 Å². The molecular weight excluding hydrogens is 388 g/mol. The van der Waals surface area contributed by atoms with Gasteiger partial charge in [-0.3, -0.25) is 0 Å². The van der Waals surface area contributed by atoms with Crippen LogP contribution in [0.2, 0.25) is 0 Å². The lowest BCUT2D eigenvalue weighted by Crippen LogP contribution is -2.29. The Labute approximate surface area is 171 Å². The van der Waals surface area contributed by atoms with Gasteiger partial charge in [0.15, 0.2) is 5.65 Å². The van der Waals surface area contributed by atoms with E-state index in [1.807, 2.05) is 24.3 Å². The maximum absolute atomic E-state index is 13.1. The Morgan fingerprint density at radius 1 is 1.21 bits per heavy atom. The summed E-state index contributed by atoms with van der Waals surface area (Å²) in [5.74, 6) is 0.917. The first-order valence-electron chi connectivity index (χ1n) is 9.93. The summed E-state index contributed by atoms with van der Waals surface area (Å²) in [7, 11) is -1.84.